The van der Waals surface area contributed by atoms with Gasteiger partial charge in [0, 0.05) is 12.1 Å². The van der Waals surface area contributed by atoms with Crippen LogP contribution in [0.1, 0.15) is 51.4 Å². The van der Waals surface area contributed by atoms with Crippen LogP contribution in [0.15, 0.2) is 0 Å². The quantitative estimate of drug-likeness (QED) is 0.768. The van der Waals surface area contributed by atoms with Crippen LogP contribution in [0.4, 0.5) is 0 Å². The average Bonchev–Trinajstić information content (AvgIpc) is 2.90. The minimum Gasteiger partial charge on any atom is -0.390 e. The molecule has 0 radical (unpaired) electrons. The molecule has 2 heterocycles. The first kappa shape index (κ1) is 13.3. The van der Waals surface area contributed by atoms with Crippen molar-refractivity contribution >= 4 is 11.7 Å². The highest BCUT2D eigenvalue weighted by atomic mass is 16.3. The second kappa shape index (κ2) is 4.05. The smallest absolute Gasteiger partial charge is 0.242 e. The van der Waals surface area contributed by atoms with Gasteiger partial charge in [-0.2, -0.15) is 0 Å². The highest BCUT2D eigenvalue weighted by Gasteiger charge is 2.61. The number of hydrogen-bond acceptors (Lipinski definition) is 3. The van der Waals surface area contributed by atoms with Crippen molar-refractivity contribution in [3.8, 4) is 0 Å². The number of amides is 1. The molecular formula is C17H25N3O2. The van der Waals surface area contributed by atoms with Gasteiger partial charge in [0.25, 0.3) is 0 Å². The average molecular weight is 303 g/mol. The molecular weight excluding hydrogens is 278 g/mol. The van der Waals surface area contributed by atoms with Crippen LogP contribution in [-0.2, 0) is 4.79 Å². The number of rotatable bonds is 1. The third-order valence-electron chi connectivity index (χ3n) is 7.04. The van der Waals surface area contributed by atoms with Crippen molar-refractivity contribution in [3.63, 3.8) is 0 Å². The van der Waals surface area contributed by atoms with Crippen molar-refractivity contribution in [2.24, 2.45) is 11.8 Å². The Hall–Kier alpha value is -1.10. The Bertz CT molecular complexity index is 546. The van der Waals surface area contributed by atoms with Gasteiger partial charge < -0.3 is 14.9 Å². The fraction of sp³-hybridized carbons (Fsp3) is 0.882. The van der Waals surface area contributed by atoms with Crippen LogP contribution in [0.3, 0.4) is 0 Å². The van der Waals surface area contributed by atoms with Crippen LogP contribution < -0.4 is 0 Å². The van der Waals surface area contributed by atoms with E-state index in [0.717, 1.165) is 51.5 Å². The first-order valence-corrected chi connectivity index (χ1v) is 8.86. The Morgan fingerprint density at radius 2 is 1.91 bits per heavy atom. The summed E-state index contributed by atoms with van der Waals surface area (Å²) in [5.41, 5.74) is -0.638. The minimum absolute atomic E-state index is 0.00361. The maximum absolute atomic E-state index is 12.5. The number of carbonyl (C=O) groups excluding carboxylic acids is 1. The van der Waals surface area contributed by atoms with Gasteiger partial charge in [0.15, 0.2) is 0 Å². The number of aliphatic hydroxyl groups is 1. The van der Waals surface area contributed by atoms with Crippen LogP contribution in [0.5, 0.6) is 0 Å². The van der Waals surface area contributed by atoms with Crippen molar-refractivity contribution < 1.29 is 9.90 Å². The summed E-state index contributed by atoms with van der Waals surface area (Å²) in [6.07, 6.45) is 8.02. The molecule has 2 saturated heterocycles. The lowest BCUT2D eigenvalue weighted by atomic mass is 9.50. The van der Waals surface area contributed by atoms with Crippen LogP contribution in [0, 0.1) is 17.2 Å². The molecule has 3 atom stereocenters. The van der Waals surface area contributed by atoms with E-state index in [0.29, 0.717) is 24.2 Å². The molecule has 120 valence electrons. The number of carbonyl (C=O) groups is 1. The summed E-state index contributed by atoms with van der Waals surface area (Å²) in [4.78, 5) is 16.6. The molecule has 5 heteroatoms. The van der Waals surface area contributed by atoms with Crippen molar-refractivity contribution in [3.05, 3.63) is 0 Å². The fourth-order valence-corrected chi connectivity index (χ4v) is 6.75. The minimum atomic E-state index is -0.528. The Morgan fingerprint density at radius 1 is 1.18 bits per heavy atom. The van der Waals surface area contributed by atoms with Crippen molar-refractivity contribution in [2.45, 2.75) is 68.5 Å². The predicted molar refractivity (Wildman–Crippen MR) is 81.5 cm³/mol. The van der Waals surface area contributed by atoms with Gasteiger partial charge in [-0.3, -0.25) is 10.2 Å². The number of piperazine rings is 1. The summed E-state index contributed by atoms with van der Waals surface area (Å²) >= 11 is 0. The Kier molecular flexibility index (Phi) is 2.46. The van der Waals surface area contributed by atoms with Gasteiger partial charge in [-0.25, -0.2) is 0 Å². The summed E-state index contributed by atoms with van der Waals surface area (Å²) in [5, 5.41) is 19.7. The number of nitrogens with one attached hydrogen (secondary N) is 1. The summed E-state index contributed by atoms with van der Waals surface area (Å²) in [6, 6.07) is 0.00361. The standard InChI is InChI=1S/C17H25N3O2/c18-15-13-2-1-3-19(13)14(21)9-20(15)16-5-11-4-12(6-16)8-17(22,7-11)10-16/h11-13,18,22H,1-10H2. The Balaban J connectivity index is 1.51. The van der Waals surface area contributed by atoms with E-state index in [-0.39, 0.29) is 17.5 Å². The van der Waals surface area contributed by atoms with E-state index >= 15 is 0 Å². The van der Waals surface area contributed by atoms with Gasteiger partial charge in [0.1, 0.15) is 5.84 Å². The molecule has 6 fully saturated rings. The Labute approximate surface area is 131 Å². The van der Waals surface area contributed by atoms with E-state index in [1.54, 1.807) is 0 Å². The molecule has 5 nitrogen and oxygen atoms in total. The molecule has 4 aliphatic carbocycles. The molecule has 2 N–H and O–H groups in total. The largest absolute Gasteiger partial charge is 0.390 e. The van der Waals surface area contributed by atoms with Gasteiger partial charge in [-0.1, -0.05) is 0 Å². The zero-order valence-corrected chi connectivity index (χ0v) is 13.1. The first-order chi connectivity index (χ1) is 10.5. The summed E-state index contributed by atoms with van der Waals surface area (Å²) < 4.78 is 0. The van der Waals surface area contributed by atoms with Crippen molar-refractivity contribution in [2.75, 3.05) is 13.1 Å². The van der Waals surface area contributed by atoms with Crippen LogP contribution in [-0.4, -0.2) is 56.9 Å². The molecule has 6 aliphatic rings. The topological polar surface area (TPSA) is 67.6 Å². The van der Waals surface area contributed by atoms with E-state index in [4.69, 9.17) is 5.41 Å². The third kappa shape index (κ3) is 1.63. The van der Waals surface area contributed by atoms with Gasteiger partial charge in [-0.05, 0) is 63.2 Å². The first-order valence-electron chi connectivity index (χ1n) is 8.86. The lowest BCUT2D eigenvalue weighted by molar-refractivity contribution is -0.170. The maximum Gasteiger partial charge on any atom is 0.242 e. The molecule has 6 rings (SSSR count). The maximum atomic E-state index is 12.5. The molecule has 22 heavy (non-hydrogen) atoms. The lowest BCUT2D eigenvalue weighted by Gasteiger charge is -2.64. The van der Waals surface area contributed by atoms with E-state index in [1.807, 2.05) is 4.90 Å². The van der Waals surface area contributed by atoms with Gasteiger partial charge >= 0.3 is 0 Å². The fourth-order valence-electron chi connectivity index (χ4n) is 6.75. The van der Waals surface area contributed by atoms with Gasteiger partial charge in [0.05, 0.1) is 18.2 Å². The normalized spacial score (nSPS) is 50.0. The van der Waals surface area contributed by atoms with Crippen molar-refractivity contribution in [1.29, 1.82) is 5.41 Å². The van der Waals surface area contributed by atoms with E-state index in [1.165, 1.54) is 6.42 Å². The lowest BCUT2D eigenvalue weighted by Crippen LogP contribution is -2.71. The number of amidine groups is 1. The third-order valence-corrected chi connectivity index (χ3v) is 7.04. The van der Waals surface area contributed by atoms with Gasteiger partial charge in [-0.15, -0.1) is 0 Å². The molecule has 0 aromatic heterocycles. The monoisotopic (exact) mass is 303 g/mol. The second-order valence-corrected chi connectivity index (χ2v) is 8.63. The Morgan fingerprint density at radius 3 is 2.59 bits per heavy atom. The molecule has 4 bridgehead atoms. The van der Waals surface area contributed by atoms with Crippen LogP contribution in [0.2, 0.25) is 0 Å². The highest BCUT2D eigenvalue weighted by molar-refractivity contribution is 5.97. The summed E-state index contributed by atoms with van der Waals surface area (Å²) in [7, 11) is 0. The second-order valence-electron chi connectivity index (χ2n) is 8.63. The number of fused-ring (bicyclic) bond motifs is 1. The summed E-state index contributed by atoms with van der Waals surface area (Å²) in [5.74, 6) is 2.04. The van der Waals surface area contributed by atoms with Crippen LogP contribution in [0.25, 0.3) is 0 Å². The highest BCUT2D eigenvalue weighted by Crippen LogP contribution is 2.59. The molecule has 1 amide bonds. The molecule has 0 aromatic rings. The molecule has 3 unspecified atom stereocenters. The number of hydrogen-bond donors (Lipinski definition) is 2. The summed E-state index contributed by atoms with van der Waals surface area (Å²) in [6.45, 7) is 1.19. The van der Waals surface area contributed by atoms with Crippen LogP contribution >= 0.6 is 0 Å². The van der Waals surface area contributed by atoms with E-state index in [2.05, 4.69) is 4.90 Å². The molecule has 2 aliphatic heterocycles. The van der Waals surface area contributed by atoms with Crippen molar-refractivity contribution in [1.82, 2.24) is 9.80 Å². The SMILES string of the molecule is N=C1C2CCCN2C(=O)CN1C12CC3CC(CC(O)(C3)C1)C2. The predicted octanol–water partition coefficient (Wildman–Crippen LogP) is 1.35. The zero-order valence-electron chi connectivity index (χ0n) is 13.1. The van der Waals surface area contributed by atoms with Gasteiger partial charge in [0.2, 0.25) is 5.91 Å². The molecule has 4 saturated carbocycles. The number of nitrogens with zero attached hydrogens (tertiary/aromatic N) is 2. The molecule has 0 aromatic carbocycles. The van der Waals surface area contributed by atoms with E-state index < -0.39 is 5.60 Å². The van der Waals surface area contributed by atoms with E-state index in [9.17, 15) is 9.90 Å². The molecule has 0 spiro atoms. The zero-order chi connectivity index (χ0) is 15.1.